The summed E-state index contributed by atoms with van der Waals surface area (Å²) in [5.41, 5.74) is 0. The van der Waals surface area contributed by atoms with Gasteiger partial charge >= 0.3 is 0 Å². The first-order valence-corrected chi connectivity index (χ1v) is 6.68. The van der Waals surface area contributed by atoms with Gasteiger partial charge in [0.05, 0.1) is 6.10 Å². The molecule has 0 spiro atoms. The van der Waals surface area contributed by atoms with Gasteiger partial charge in [0.1, 0.15) is 11.9 Å². The molecule has 0 bridgehead atoms. The first kappa shape index (κ1) is 12.3. The Balaban J connectivity index is 1.87. The predicted molar refractivity (Wildman–Crippen MR) is 64.7 cm³/mol. The molecule has 1 aliphatic carbocycles. The van der Waals surface area contributed by atoms with Crippen LogP contribution in [0.3, 0.4) is 0 Å². The number of carbonyl (C=O) groups is 1. The van der Waals surface area contributed by atoms with Crippen LogP contribution in [0.5, 0.6) is 0 Å². The van der Waals surface area contributed by atoms with E-state index in [2.05, 4.69) is 0 Å². The Morgan fingerprint density at radius 1 is 1.33 bits per heavy atom. The Bertz CT molecular complexity index is 387. The molecular weight excluding hydrogens is 232 g/mol. The fourth-order valence-corrected chi connectivity index (χ4v) is 3.40. The Hall–Kier alpha value is -0.710. The molecule has 3 rings (SSSR count). The van der Waals surface area contributed by atoms with E-state index < -0.39 is 5.79 Å². The second-order valence-corrected chi connectivity index (χ2v) is 5.78. The predicted octanol–water partition coefficient (Wildman–Crippen LogP) is 2.03. The zero-order chi connectivity index (χ0) is 12.9. The third-order valence-corrected chi connectivity index (χ3v) is 4.07. The van der Waals surface area contributed by atoms with Crippen molar-refractivity contribution in [2.24, 2.45) is 11.8 Å². The van der Waals surface area contributed by atoms with E-state index in [9.17, 15) is 4.79 Å². The molecule has 0 amide bonds. The van der Waals surface area contributed by atoms with Crippen LogP contribution in [0.25, 0.3) is 0 Å². The maximum Gasteiger partial charge on any atom is 0.187 e. The van der Waals surface area contributed by atoms with Gasteiger partial charge in [0.25, 0.3) is 0 Å². The van der Waals surface area contributed by atoms with Gasteiger partial charge in [-0.1, -0.05) is 12.2 Å². The zero-order valence-corrected chi connectivity index (χ0v) is 11.1. The van der Waals surface area contributed by atoms with E-state index >= 15 is 0 Å². The number of carbonyl (C=O) groups excluding carboxylic acids is 1. The summed E-state index contributed by atoms with van der Waals surface area (Å²) in [5, 5.41) is 0. The largest absolute Gasteiger partial charge is 0.346 e. The molecule has 4 nitrogen and oxygen atoms in total. The van der Waals surface area contributed by atoms with Gasteiger partial charge in [0.15, 0.2) is 12.1 Å². The van der Waals surface area contributed by atoms with Crippen molar-refractivity contribution in [3.8, 4) is 0 Å². The number of Topliss-reactive ketones (excluding diaryl/α,β-unsaturated/α-hetero) is 1. The molecule has 1 saturated carbocycles. The van der Waals surface area contributed by atoms with Crippen LogP contribution in [0, 0.1) is 11.8 Å². The lowest BCUT2D eigenvalue weighted by molar-refractivity contribution is -0.214. The van der Waals surface area contributed by atoms with Crippen molar-refractivity contribution in [1.82, 2.24) is 0 Å². The van der Waals surface area contributed by atoms with Gasteiger partial charge in [-0.2, -0.15) is 0 Å². The summed E-state index contributed by atoms with van der Waals surface area (Å²) in [7, 11) is 0. The van der Waals surface area contributed by atoms with Crippen LogP contribution in [-0.2, 0) is 19.0 Å². The highest BCUT2D eigenvalue weighted by Crippen LogP contribution is 2.47. The molecule has 0 N–H and O–H groups in total. The molecular formula is C14H20O4. The van der Waals surface area contributed by atoms with Gasteiger partial charge in [0, 0.05) is 18.3 Å². The average molecular weight is 252 g/mol. The average Bonchev–Trinajstić information content (AvgIpc) is 2.74. The quantitative estimate of drug-likeness (QED) is 0.670. The maximum absolute atomic E-state index is 12.1. The van der Waals surface area contributed by atoms with Crippen molar-refractivity contribution < 1.29 is 19.0 Å². The molecule has 0 aromatic rings. The monoisotopic (exact) mass is 252 g/mol. The van der Waals surface area contributed by atoms with Crippen LogP contribution >= 0.6 is 0 Å². The van der Waals surface area contributed by atoms with Crippen molar-refractivity contribution >= 4 is 5.78 Å². The molecule has 100 valence electrons. The van der Waals surface area contributed by atoms with Crippen molar-refractivity contribution in [3.63, 3.8) is 0 Å². The minimum atomic E-state index is -0.610. The molecule has 0 aromatic heterocycles. The molecule has 2 aliphatic heterocycles. The number of ketones is 1. The van der Waals surface area contributed by atoms with E-state index in [0.29, 0.717) is 12.2 Å². The molecule has 2 heterocycles. The van der Waals surface area contributed by atoms with Gasteiger partial charge in [-0.05, 0) is 27.2 Å². The summed E-state index contributed by atoms with van der Waals surface area (Å²) >= 11 is 0. The topological polar surface area (TPSA) is 44.8 Å². The summed E-state index contributed by atoms with van der Waals surface area (Å²) in [6, 6.07) is 0. The van der Waals surface area contributed by atoms with Gasteiger partial charge < -0.3 is 14.2 Å². The van der Waals surface area contributed by atoms with Crippen LogP contribution in [0.1, 0.15) is 33.6 Å². The first-order valence-electron chi connectivity index (χ1n) is 6.68. The van der Waals surface area contributed by atoms with Crippen LogP contribution in [-0.4, -0.2) is 30.1 Å². The Morgan fingerprint density at radius 2 is 2.11 bits per heavy atom. The van der Waals surface area contributed by atoms with Crippen molar-refractivity contribution in [1.29, 1.82) is 0 Å². The molecule has 3 aliphatic rings. The van der Waals surface area contributed by atoms with E-state index in [4.69, 9.17) is 14.2 Å². The fourth-order valence-electron chi connectivity index (χ4n) is 3.40. The number of ether oxygens (including phenoxy) is 3. The highest BCUT2D eigenvalue weighted by atomic mass is 16.8. The van der Waals surface area contributed by atoms with Gasteiger partial charge in [-0.25, -0.2) is 0 Å². The molecule has 0 unspecified atom stereocenters. The number of fused-ring (bicyclic) bond motifs is 3. The molecule has 2 saturated heterocycles. The first-order chi connectivity index (χ1) is 8.52. The number of rotatable bonds is 1. The molecule has 18 heavy (non-hydrogen) atoms. The summed E-state index contributed by atoms with van der Waals surface area (Å²) in [5.74, 6) is -0.288. The number of hydrogen-bond acceptors (Lipinski definition) is 4. The van der Waals surface area contributed by atoms with E-state index in [1.54, 1.807) is 0 Å². The summed E-state index contributed by atoms with van der Waals surface area (Å²) < 4.78 is 17.6. The summed E-state index contributed by atoms with van der Waals surface area (Å²) in [6.07, 6.45) is 4.98. The lowest BCUT2D eigenvalue weighted by atomic mass is 9.74. The molecule has 5 atom stereocenters. The number of hydrogen-bond donors (Lipinski definition) is 0. The lowest BCUT2D eigenvalue weighted by Crippen LogP contribution is -2.41. The van der Waals surface area contributed by atoms with Crippen LogP contribution < -0.4 is 0 Å². The van der Waals surface area contributed by atoms with E-state index in [1.807, 2.05) is 32.9 Å². The van der Waals surface area contributed by atoms with E-state index in [0.717, 1.165) is 6.42 Å². The smallest absolute Gasteiger partial charge is 0.187 e. The minimum Gasteiger partial charge on any atom is -0.346 e. The SMILES string of the molecule is C/C=C\[C@H]1C(=O)CC[C@H]2O[C@@H]3OC(C)(C)O[C@@H]3[C@@H]21. The van der Waals surface area contributed by atoms with Crippen LogP contribution in [0.2, 0.25) is 0 Å². The van der Waals surface area contributed by atoms with Gasteiger partial charge in [-0.3, -0.25) is 4.79 Å². The maximum atomic E-state index is 12.1. The number of allylic oxidation sites excluding steroid dienone is 2. The summed E-state index contributed by atoms with van der Waals surface area (Å²) in [6.45, 7) is 5.72. The Labute approximate surface area is 107 Å². The van der Waals surface area contributed by atoms with Crippen LogP contribution in [0.15, 0.2) is 12.2 Å². The Morgan fingerprint density at radius 3 is 2.83 bits per heavy atom. The molecule has 0 aromatic carbocycles. The van der Waals surface area contributed by atoms with Crippen molar-refractivity contribution in [3.05, 3.63) is 12.2 Å². The van der Waals surface area contributed by atoms with E-state index in [-0.39, 0.29) is 30.3 Å². The van der Waals surface area contributed by atoms with Crippen LogP contribution in [0.4, 0.5) is 0 Å². The normalized spacial score (nSPS) is 46.4. The van der Waals surface area contributed by atoms with Gasteiger partial charge in [-0.15, -0.1) is 0 Å². The highest BCUT2D eigenvalue weighted by molar-refractivity contribution is 5.84. The van der Waals surface area contributed by atoms with Gasteiger partial charge in [0.2, 0.25) is 0 Å². The standard InChI is InChI=1S/C14H20O4/c1-4-5-8-9(15)6-7-10-11(8)12-13(16-10)18-14(2,3)17-12/h4-5,8,10-13H,6-7H2,1-3H3/b5-4-/t8-,10+,11+,12+,13+/m0/s1. The second-order valence-electron chi connectivity index (χ2n) is 5.78. The second kappa shape index (κ2) is 4.15. The third kappa shape index (κ3) is 1.83. The van der Waals surface area contributed by atoms with E-state index in [1.165, 1.54) is 0 Å². The Kier molecular flexibility index (Phi) is 2.84. The molecule has 4 heteroatoms. The molecule has 0 radical (unpaired) electrons. The molecule has 3 fully saturated rings. The third-order valence-electron chi connectivity index (χ3n) is 4.07. The minimum absolute atomic E-state index is 0.0822. The summed E-state index contributed by atoms with van der Waals surface area (Å²) in [4.78, 5) is 12.1. The zero-order valence-electron chi connectivity index (χ0n) is 11.1. The highest BCUT2D eigenvalue weighted by Gasteiger charge is 2.58. The fraction of sp³-hybridized carbons (Fsp3) is 0.786. The van der Waals surface area contributed by atoms with Crippen molar-refractivity contribution in [2.75, 3.05) is 0 Å². The lowest BCUT2D eigenvalue weighted by Gasteiger charge is -2.33. The van der Waals surface area contributed by atoms with Crippen molar-refractivity contribution in [2.45, 2.75) is 57.9 Å².